The minimum atomic E-state index is -1.18. The number of nitrogens with one attached hydrogen (secondary N) is 1. The van der Waals surface area contributed by atoms with E-state index in [4.69, 9.17) is 4.74 Å². The van der Waals surface area contributed by atoms with E-state index in [-0.39, 0.29) is 5.91 Å². The normalized spacial score (nSPS) is 20.1. The Morgan fingerprint density at radius 3 is 2.44 bits per heavy atom. The Labute approximate surface area is 151 Å². The summed E-state index contributed by atoms with van der Waals surface area (Å²) < 4.78 is 5.21. The standard InChI is InChI=1S/C18H25NO5S/c1-4-9-24-18(23)14-10(2)11(3)25-16(14)19-15(20)12-7-5-6-8-13(12)17(21)22/h12-13H,4-9H2,1-3H3,(H,19,20)(H,21,22)/p-1/t12-,13+/m0/s1. The molecule has 1 aliphatic carbocycles. The van der Waals surface area contributed by atoms with Crippen LogP contribution in [0.25, 0.3) is 0 Å². The second kappa shape index (κ2) is 8.47. The number of hydrogen-bond donors (Lipinski definition) is 1. The van der Waals surface area contributed by atoms with Crippen LogP contribution in [0.4, 0.5) is 5.00 Å². The van der Waals surface area contributed by atoms with Crippen LogP contribution in [0.15, 0.2) is 0 Å². The minimum absolute atomic E-state index is 0.315. The molecule has 138 valence electrons. The number of carbonyl (C=O) groups is 3. The van der Waals surface area contributed by atoms with Crippen LogP contribution in [0.2, 0.25) is 0 Å². The van der Waals surface area contributed by atoms with Gasteiger partial charge in [0.05, 0.1) is 12.2 Å². The van der Waals surface area contributed by atoms with Crippen LogP contribution in [0, 0.1) is 25.7 Å². The van der Waals surface area contributed by atoms with Crippen molar-refractivity contribution in [3.63, 3.8) is 0 Å². The maximum atomic E-state index is 12.6. The fourth-order valence-corrected chi connectivity index (χ4v) is 4.21. The third-order valence-electron chi connectivity index (χ3n) is 4.67. The zero-order valence-corrected chi connectivity index (χ0v) is 15.7. The third-order valence-corrected chi connectivity index (χ3v) is 5.79. The van der Waals surface area contributed by atoms with E-state index < -0.39 is 23.8 Å². The number of carboxylic acids is 1. The number of carboxylic acid groups (broad SMARTS) is 1. The van der Waals surface area contributed by atoms with Crippen LogP contribution in [0.3, 0.4) is 0 Å². The highest BCUT2D eigenvalue weighted by Crippen LogP contribution is 2.35. The summed E-state index contributed by atoms with van der Waals surface area (Å²) in [6.45, 7) is 5.91. The molecule has 0 radical (unpaired) electrons. The van der Waals surface area contributed by atoms with Crippen molar-refractivity contribution in [3.8, 4) is 0 Å². The molecular weight excluding hydrogens is 342 g/mol. The molecule has 0 aromatic carbocycles. The molecule has 0 aliphatic heterocycles. The Balaban J connectivity index is 2.21. The molecule has 0 spiro atoms. The highest BCUT2D eigenvalue weighted by Gasteiger charge is 2.33. The summed E-state index contributed by atoms with van der Waals surface area (Å²) >= 11 is 1.31. The number of aliphatic carboxylic acids is 1. The molecule has 1 heterocycles. The Hall–Kier alpha value is -1.89. The molecule has 2 rings (SSSR count). The number of carbonyl (C=O) groups excluding carboxylic acids is 3. The molecule has 1 saturated carbocycles. The lowest BCUT2D eigenvalue weighted by atomic mass is 9.79. The van der Waals surface area contributed by atoms with Gasteiger partial charge in [-0.05, 0) is 38.7 Å². The summed E-state index contributed by atoms with van der Waals surface area (Å²) in [6, 6.07) is 0. The molecule has 25 heavy (non-hydrogen) atoms. The lowest BCUT2D eigenvalue weighted by molar-refractivity contribution is -0.313. The molecule has 0 unspecified atom stereocenters. The second-order valence-electron chi connectivity index (χ2n) is 6.43. The average Bonchev–Trinajstić information content (AvgIpc) is 2.86. The Kier molecular flexibility index (Phi) is 6.58. The SMILES string of the molecule is CCCOC(=O)c1c(NC(=O)[C@H]2CCCC[C@H]2C(=O)[O-])sc(C)c1C. The molecule has 1 N–H and O–H groups in total. The zero-order chi connectivity index (χ0) is 18.6. The zero-order valence-electron chi connectivity index (χ0n) is 14.8. The summed E-state index contributed by atoms with van der Waals surface area (Å²) in [5.74, 6) is -3.40. The lowest BCUT2D eigenvalue weighted by Crippen LogP contribution is -2.42. The largest absolute Gasteiger partial charge is 0.550 e. The molecule has 1 aromatic rings. The number of thiophene rings is 1. The molecule has 1 amide bonds. The van der Waals surface area contributed by atoms with Crippen molar-refractivity contribution in [2.45, 2.75) is 52.9 Å². The van der Waals surface area contributed by atoms with Crippen molar-refractivity contribution < 1.29 is 24.2 Å². The number of rotatable bonds is 6. The predicted octanol–water partition coefficient (Wildman–Crippen LogP) is 2.43. The van der Waals surface area contributed by atoms with Crippen LogP contribution in [0.1, 0.15) is 59.8 Å². The van der Waals surface area contributed by atoms with Crippen LogP contribution in [-0.2, 0) is 14.3 Å². The molecule has 6 nitrogen and oxygen atoms in total. The van der Waals surface area contributed by atoms with Gasteiger partial charge in [-0.2, -0.15) is 0 Å². The quantitative estimate of drug-likeness (QED) is 0.780. The topological polar surface area (TPSA) is 95.5 Å². The van der Waals surface area contributed by atoms with Gasteiger partial charge >= 0.3 is 5.97 Å². The lowest BCUT2D eigenvalue weighted by Gasteiger charge is -2.31. The molecule has 0 bridgehead atoms. The highest BCUT2D eigenvalue weighted by molar-refractivity contribution is 7.16. The van der Waals surface area contributed by atoms with Crippen molar-refractivity contribution in [2.24, 2.45) is 11.8 Å². The van der Waals surface area contributed by atoms with Gasteiger partial charge in [-0.15, -0.1) is 11.3 Å². The summed E-state index contributed by atoms with van der Waals surface area (Å²) in [5.41, 5.74) is 1.15. The molecule has 7 heteroatoms. The third kappa shape index (κ3) is 4.39. The van der Waals surface area contributed by atoms with Gasteiger partial charge in [0.15, 0.2) is 0 Å². The number of hydrogen-bond acceptors (Lipinski definition) is 6. The Bertz CT molecular complexity index is 667. The maximum Gasteiger partial charge on any atom is 0.341 e. The van der Waals surface area contributed by atoms with Gasteiger partial charge in [0, 0.05) is 22.7 Å². The maximum absolute atomic E-state index is 12.6. The van der Waals surface area contributed by atoms with Crippen LogP contribution >= 0.6 is 11.3 Å². The predicted molar refractivity (Wildman–Crippen MR) is 93.5 cm³/mol. The summed E-state index contributed by atoms with van der Waals surface area (Å²) in [6.07, 6.45) is 3.28. The van der Waals surface area contributed by atoms with Crippen LogP contribution < -0.4 is 10.4 Å². The molecular formula is C18H24NO5S-. The van der Waals surface area contributed by atoms with Crippen molar-refractivity contribution in [1.82, 2.24) is 0 Å². The summed E-state index contributed by atoms with van der Waals surface area (Å²) in [7, 11) is 0. The minimum Gasteiger partial charge on any atom is -0.550 e. The van der Waals surface area contributed by atoms with E-state index in [2.05, 4.69) is 5.32 Å². The van der Waals surface area contributed by atoms with E-state index in [1.54, 1.807) is 0 Å². The number of ether oxygens (including phenoxy) is 1. The molecule has 2 atom stereocenters. The number of esters is 1. The fourth-order valence-electron chi connectivity index (χ4n) is 3.16. The monoisotopic (exact) mass is 366 g/mol. The van der Waals surface area contributed by atoms with Gasteiger partial charge in [0.2, 0.25) is 5.91 Å². The first-order valence-corrected chi connectivity index (χ1v) is 9.47. The molecule has 1 aromatic heterocycles. The first-order valence-electron chi connectivity index (χ1n) is 8.65. The van der Waals surface area contributed by atoms with Gasteiger partial charge in [-0.1, -0.05) is 19.8 Å². The fraction of sp³-hybridized carbons (Fsp3) is 0.611. The number of amides is 1. The van der Waals surface area contributed by atoms with Crippen molar-refractivity contribution in [1.29, 1.82) is 0 Å². The second-order valence-corrected chi connectivity index (χ2v) is 7.65. The van der Waals surface area contributed by atoms with Gasteiger partial charge in [0.25, 0.3) is 0 Å². The first kappa shape index (κ1) is 19.4. The number of anilines is 1. The van der Waals surface area contributed by atoms with Crippen molar-refractivity contribution in [2.75, 3.05) is 11.9 Å². The van der Waals surface area contributed by atoms with E-state index in [1.807, 2.05) is 20.8 Å². The van der Waals surface area contributed by atoms with E-state index in [0.29, 0.717) is 36.4 Å². The van der Waals surface area contributed by atoms with Gasteiger partial charge in [0.1, 0.15) is 5.00 Å². The Morgan fingerprint density at radius 1 is 1.20 bits per heavy atom. The summed E-state index contributed by atoms with van der Waals surface area (Å²) in [5, 5.41) is 14.5. The number of aryl methyl sites for hydroxylation is 1. The van der Waals surface area contributed by atoms with E-state index in [0.717, 1.165) is 23.3 Å². The first-order chi connectivity index (χ1) is 11.9. The highest BCUT2D eigenvalue weighted by atomic mass is 32.1. The van der Waals surface area contributed by atoms with E-state index >= 15 is 0 Å². The van der Waals surface area contributed by atoms with Crippen LogP contribution in [-0.4, -0.2) is 24.5 Å². The van der Waals surface area contributed by atoms with E-state index in [9.17, 15) is 19.5 Å². The Morgan fingerprint density at radius 2 is 1.84 bits per heavy atom. The molecule has 1 fully saturated rings. The van der Waals surface area contributed by atoms with Gasteiger partial charge < -0.3 is 20.0 Å². The van der Waals surface area contributed by atoms with Crippen LogP contribution in [0.5, 0.6) is 0 Å². The molecule has 1 aliphatic rings. The smallest absolute Gasteiger partial charge is 0.341 e. The van der Waals surface area contributed by atoms with Crippen molar-refractivity contribution >= 4 is 34.2 Å². The van der Waals surface area contributed by atoms with Crippen molar-refractivity contribution in [3.05, 3.63) is 16.0 Å². The summed E-state index contributed by atoms with van der Waals surface area (Å²) in [4.78, 5) is 37.2. The van der Waals surface area contributed by atoms with E-state index in [1.165, 1.54) is 11.3 Å². The average molecular weight is 366 g/mol. The van der Waals surface area contributed by atoms with Gasteiger partial charge in [-0.3, -0.25) is 4.79 Å². The van der Waals surface area contributed by atoms with Gasteiger partial charge in [-0.25, -0.2) is 4.79 Å². The molecule has 0 saturated heterocycles.